The van der Waals surface area contributed by atoms with Crippen LogP contribution in [0.5, 0.6) is 0 Å². The molecule has 6 heteroatoms. The van der Waals surface area contributed by atoms with Gasteiger partial charge in [-0.2, -0.15) is 0 Å². The molecule has 2 rings (SSSR count). The summed E-state index contributed by atoms with van der Waals surface area (Å²) in [6.45, 7) is 1.74. The molecular weight excluding hydrogens is 305 g/mol. The Morgan fingerprint density at radius 3 is 2.27 bits per heavy atom. The Balaban J connectivity index is 2.25. The smallest absolute Gasteiger partial charge is 0.253 e. The molecule has 0 fully saturated rings. The molecule has 0 saturated carbocycles. The van der Waals surface area contributed by atoms with Crippen molar-refractivity contribution in [2.75, 3.05) is 6.26 Å². The highest BCUT2D eigenvalue weighted by Crippen LogP contribution is 2.18. The highest BCUT2D eigenvalue weighted by Gasteiger charge is 2.19. The van der Waals surface area contributed by atoms with Crippen LogP contribution in [0.25, 0.3) is 0 Å². The molecule has 0 aliphatic carbocycles. The molecule has 2 aromatic carbocycles. The molecule has 0 bridgehead atoms. The third-order valence-corrected chi connectivity index (χ3v) is 4.40. The molecule has 0 radical (unpaired) electrons. The highest BCUT2D eigenvalue weighted by atomic mass is 32.2. The zero-order valence-corrected chi connectivity index (χ0v) is 13.0. The van der Waals surface area contributed by atoms with E-state index in [-0.39, 0.29) is 22.3 Å². The predicted molar refractivity (Wildman–Crippen MR) is 81.8 cm³/mol. The summed E-state index contributed by atoms with van der Waals surface area (Å²) in [6, 6.07) is 11.4. The highest BCUT2D eigenvalue weighted by molar-refractivity contribution is 7.90. The van der Waals surface area contributed by atoms with Crippen LogP contribution < -0.4 is 5.32 Å². The first-order chi connectivity index (χ1) is 10.3. The number of nitrogens with one attached hydrogen (secondary N) is 1. The lowest BCUT2D eigenvalue weighted by atomic mass is 10.1. The lowest BCUT2D eigenvalue weighted by Gasteiger charge is -2.15. The lowest BCUT2D eigenvalue weighted by molar-refractivity contribution is 0.0936. The third-order valence-electron chi connectivity index (χ3n) is 3.25. The summed E-state index contributed by atoms with van der Waals surface area (Å²) in [5.74, 6) is -0.845. The Kier molecular flexibility index (Phi) is 4.61. The summed E-state index contributed by atoms with van der Waals surface area (Å²) in [5, 5.41) is 2.72. The minimum absolute atomic E-state index is 0.0150. The van der Waals surface area contributed by atoms with Crippen LogP contribution in [0.1, 0.15) is 28.9 Å². The second kappa shape index (κ2) is 6.27. The van der Waals surface area contributed by atoms with E-state index in [2.05, 4.69) is 5.32 Å². The topological polar surface area (TPSA) is 63.2 Å². The van der Waals surface area contributed by atoms with Crippen LogP contribution in [-0.2, 0) is 9.84 Å². The van der Waals surface area contributed by atoms with Crippen LogP contribution in [0.4, 0.5) is 4.39 Å². The van der Waals surface area contributed by atoms with Crippen molar-refractivity contribution in [3.8, 4) is 0 Å². The Morgan fingerprint density at radius 2 is 1.68 bits per heavy atom. The summed E-state index contributed by atoms with van der Waals surface area (Å²) >= 11 is 0. The average molecular weight is 321 g/mol. The summed E-state index contributed by atoms with van der Waals surface area (Å²) in [4.78, 5) is 12.3. The Labute approximate surface area is 128 Å². The van der Waals surface area contributed by atoms with Crippen molar-refractivity contribution >= 4 is 15.7 Å². The van der Waals surface area contributed by atoms with E-state index in [0.717, 1.165) is 11.8 Å². The quantitative estimate of drug-likeness (QED) is 0.942. The number of hydrogen-bond donors (Lipinski definition) is 1. The van der Waals surface area contributed by atoms with Gasteiger partial charge in [0.05, 0.1) is 16.5 Å². The van der Waals surface area contributed by atoms with Crippen LogP contribution in [0.2, 0.25) is 0 Å². The Bertz CT molecular complexity index is 785. The standard InChI is InChI=1S/C16H16FNO3S/c1-11(12-7-9-13(17)10-8-12)18-16(19)14-5-3-4-6-15(14)22(2,20)21/h3-11H,1-2H3,(H,18,19). The summed E-state index contributed by atoms with van der Waals surface area (Å²) in [5.41, 5.74) is 0.825. The maximum absolute atomic E-state index is 12.9. The molecule has 0 aromatic heterocycles. The maximum Gasteiger partial charge on any atom is 0.253 e. The molecule has 1 unspecified atom stereocenters. The van der Waals surface area contributed by atoms with E-state index in [1.807, 2.05) is 0 Å². The van der Waals surface area contributed by atoms with E-state index in [1.54, 1.807) is 31.2 Å². The van der Waals surface area contributed by atoms with E-state index >= 15 is 0 Å². The fourth-order valence-electron chi connectivity index (χ4n) is 2.09. The molecular formula is C16H16FNO3S. The lowest BCUT2D eigenvalue weighted by Crippen LogP contribution is -2.28. The SMILES string of the molecule is CC(NC(=O)c1ccccc1S(C)(=O)=O)c1ccc(F)cc1. The van der Waals surface area contributed by atoms with Crippen LogP contribution in [0.3, 0.4) is 0 Å². The maximum atomic E-state index is 12.9. The van der Waals surface area contributed by atoms with E-state index in [9.17, 15) is 17.6 Å². The molecule has 0 aliphatic heterocycles. The molecule has 0 spiro atoms. The molecule has 0 heterocycles. The van der Waals surface area contributed by atoms with Crippen molar-refractivity contribution < 1.29 is 17.6 Å². The van der Waals surface area contributed by atoms with Gasteiger partial charge in [-0.1, -0.05) is 24.3 Å². The number of benzene rings is 2. The fraction of sp³-hybridized carbons (Fsp3) is 0.188. The number of amides is 1. The zero-order valence-electron chi connectivity index (χ0n) is 12.2. The van der Waals surface area contributed by atoms with Crippen molar-refractivity contribution in [1.29, 1.82) is 0 Å². The summed E-state index contributed by atoms with van der Waals surface area (Å²) < 4.78 is 36.4. The second-order valence-electron chi connectivity index (χ2n) is 5.02. The molecule has 1 N–H and O–H groups in total. The molecule has 0 aliphatic rings. The van der Waals surface area contributed by atoms with E-state index in [4.69, 9.17) is 0 Å². The van der Waals surface area contributed by atoms with Crippen LogP contribution in [0.15, 0.2) is 53.4 Å². The van der Waals surface area contributed by atoms with Gasteiger partial charge in [-0.15, -0.1) is 0 Å². The molecule has 1 amide bonds. The minimum atomic E-state index is -3.49. The molecule has 0 saturated heterocycles. The van der Waals surface area contributed by atoms with E-state index < -0.39 is 15.7 Å². The normalized spacial score (nSPS) is 12.7. The third kappa shape index (κ3) is 3.71. The first-order valence-corrected chi connectivity index (χ1v) is 8.53. The molecule has 116 valence electrons. The zero-order chi connectivity index (χ0) is 16.3. The molecule has 1 atom stereocenters. The van der Waals surface area contributed by atoms with Gasteiger partial charge in [-0.3, -0.25) is 4.79 Å². The van der Waals surface area contributed by atoms with Gasteiger partial charge in [0.1, 0.15) is 5.82 Å². The molecule has 4 nitrogen and oxygen atoms in total. The molecule has 22 heavy (non-hydrogen) atoms. The van der Waals surface area contributed by atoms with Gasteiger partial charge < -0.3 is 5.32 Å². The number of carbonyl (C=O) groups excluding carboxylic acids is 1. The first kappa shape index (κ1) is 16.2. The van der Waals surface area contributed by atoms with Crippen molar-refractivity contribution in [1.82, 2.24) is 5.32 Å². The number of halogens is 1. The average Bonchev–Trinajstić information content (AvgIpc) is 2.47. The van der Waals surface area contributed by atoms with Crippen LogP contribution in [0, 0.1) is 5.82 Å². The van der Waals surface area contributed by atoms with Crippen LogP contribution in [-0.4, -0.2) is 20.6 Å². The van der Waals surface area contributed by atoms with Gasteiger partial charge in [0.15, 0.2) is 9.84 Å². The van der Waals surface area contributed by atoms with E-state index in [1.165, 1.54) is 24.3 Å². The van der Waals surface area contributed by atoms with E-state index in [0.29, 0.717) is 0 Å². The largest absolute Gasteiger partial charge is 0.345 e. The first-order valence-electron chi connectivity index (χ1n) is 6.64. The summed E-state index contributed by atoms with van der Waals surface area (Å²) in [6.07, 6.45) is 1.06. The molecule has 2 aromatic rings. The van der Waals surface area contributed by atoms with Crippen molar-refractivity contribution in [3.05, 3.63) is 65.5 Å². The minimum Gasteiger partial charge on any atom is -0.345 e. The number of hydrogen-bond acceptors (Lipinski definition) is 3. The van der Waals surface area contributed by atoms with Gasteiger partial charge in [0.25, 0.3) is 5.91 Å². The second-order valence-corrected chi connectivity index (χ2v) is 7.00. The fourth-order valence-corrected chi connectivity index (χ4v) is 2.97. The Hall–Kier alpha value is -2.21. The summed E-state index contributed by atoms with van der Waals surface area (Å²) in [7, 11) is -3.49. The Morgan fingerprint density at radius 1 is 1.09 bits per heavy atom. The van der Waals surface area contributed by atoms with Crippen molar-refractivity contribution in [2.45, 2.75) is 17.9 Å². The van der Waals surface area contributed by atoms with Gasteiger partial charge in [-0.05, 0) is 36.8 Å². The number of sulfone groups is 1. The van der Waals surface area contributed by atoms with Gasteiger partial charge in [0.2, 0.25) is 0 Å². The number of rotatable bonds is 4. The number of carbonyl (C=O) groups is 1. The predicted octanol–water partition coefficient (Wildman–Crippen LogP) is 2.72. The van der Waals surface area contributed by atoms with Crippen molar-refractivity contribution in [2.24, 2.45) is 0 Å². The van der Waals surface area contributed by atoms with Crippen molar-refractivity contribution in [3.63, 3.8) is 0 Å². The van der Waals surface area contributed by atoms with Crippen LogP contribution >= 0.6 is 0 Å². The van der Waals surface area contributed by atoms with Gasteiger partial charge >= 0.3 is 0 Å². The van der Waals surface area contributed by atoms with Gasteiger partial charge in [0, 0.05) is 6.26 Å². The monoisotopic (exact) mass is 321 g/mol. The van der Waals surface area contributed by atoms with Gasteiger partial charge in [-0.25, -0.2) is 12.8 Å².